The Hall–Kier alpha value is -3.18. The summed E-state index contributed by atoms with van der Waals surface area (Å²) in [4.78, 5) is 66.4. The molecule has 2 aliphatic heterocycles. The third kappa shape index (κ3) is 5.41. The molecule has 12 heteroatoms. The Labute approximate surface area is 244 Å². The Morgan fingerprint density at radius 1 is 1.20 bits per heavy atom. The Balaban J connectivity index is 1.33. The molecule has 41 heavy (non-hydrogen) atoms. The van der Waals surface area contributed by atoms with Gasteiger partial charge in [-0.15, -0.1) is 0 Å². The van der Waals surface area contributed by atoms with E-state index in [4.69, 9.17) is 21.1 Å². The van der Waals surface area contributed by atoms with Crippen LogP contribution in [0.25, 0.3) is 0 Å². The molecule has 3 N–H and O–H groups in total. The molecule has 7 atom stereocenters. The maximum Gasteiger partial charge on any atom is 0.310 e. The van der Waals surface area contributed by atoms with Crippen LogP contribution in [0.15, 0.2) is 18.2 Å². The molecule has 4 amide bonds. The van der Waals surface area contributed by atoms with Crippen LogP contribution < -0.4 is 16.0 Å². The minimum absolute atomic E-state index is 0.000455. The van der Waals surface area contributed by atoms with Gasteiger partial charge in [0.1, 0.15) is 18.1 Å². The lowest BCUT2D eigenvalue weighted by molar-refractivity contribution is -0.164. The third-order valence-electron chi connectivity index (χ3n) is 8.63. The minimum atomic E-state index is -0.925. The molecule has 2 heterocycles. The number of halogens is 1. The minimum Gasteiger partial charge on any atom is -0.433 e. The van der Waals surface area contributed by atoms with Gasteiger partial charge in [-0.05, 0) is 54.7 Å². The molecule has 2 saturated heterocycles. The zero-order chi connectivity index (χ0) is 29.9. The van der Waals surface area contributed by atoms with Crippen molar-refractivity contribution in [1.82, 2.24) is 15.5 Å². The van der Waals surface area contributed by atoms with Crippen molar-refractivity contribution in [1.29, 1.82) is 0 Å². The number of cyclic esters (lactones) is 1. The molecule has 5 rings (SSSR count). The van der Waals surface area contributed by atoms with E-state index in [9.17, 15) is 24.0 Å². The number of likely N-dealkylation sites (tertiary alicyclic amines) is 1. The molecule has 0 bridgehead atoms. The van der Waals surface area contributed by atoms with Gasteiger partial charge in [0.15, 0.2) is 0 Å². The van der Waals surface area contributed by atoms with Crippen LogP contribution in [0.4, 0.5) is 5.69 Å². The average Bonchev–Trinajstić information content (AvgIpc) is 3.76. The summed E-state index contributed by atoms with van der Waals surface area (Å²) in [6, 6.07) is 2.22. The molecule has 11 nitrogen and oxygen atoms in total. The molecule has 1 spiro atoms. The number of anilines is 1. The molecule has 4 fully saturated rings. The number of amides is 4. The number of benzene rings is 1. The van der Waals surface area contributed by atoms with Crippen molar-refractivity contribution >= 4 is 46.9 Å². The Morgan fingerprint density at radius 3 is 2.56 bits per heavy atom. The van der Waals surface area contributed by atoms with E-state index in [1.54, 1.807) is 24.8 Å². The van der Waals surface area contributed by atoms with Crippen LogP contribution >= 0.6 is 11.6 Å². The van der Waals surface area contributed by atoms with Gasteiger partial charge in [-0.25, -0.2) is 0 Å². The van der Waals surface area contributed by atoms with E-state index < -0.39 is 41.7 Å². The number of hydrogen-bond acceptors (Lipinski definition) is 7. The van der Waals surface area contributed by atoms with Crippen molar-refractivity contribution in [2.24, 2.45) is 16.7 Å². The van der Waals surface area contributed by atoms with E-state index in [1.807, 2.05) is 20.8 Å². The number of carbonyl (C=O) groups excluding carboxylic acids is 5. The van der Waals surface area contributed by atoms with Gasteiger partial charge >= 0.3 is 5.97 Å². The topological polar surface area (TPSA) is 143 Å². The second-order valence-corrected chi connectivity index (χ2v) is 12.9. The van der Waals surface area contributed by atoms with Crippen molar-refractivity contribution < 1.29 is 33.4 Å². The van der Waals surface area contributed by atoms with Gasteiger partial charge in [-0.3, -0.25) is 24.0 Å². The van der Waals surface area contributed by atoms with Crippen molar-refractivity contribution in [2.45, 2.75) is 90.8 Å². The third-order valence-corrected chi connectivity index (χ3v) is 8.94. The molecular weight excluding hydrogens is 552 g/mol. The molecule has 222 valence electrons. The summed E-state index contributed by atoms with van der Waals surface area (Å²) in [5.41, 5.74) is -0.0743. The van der Waals surface area contributed by atoms with Crippen LogP contribution in [-0.4, -0.2) is 71.6 Å². The summed E-state index contributed by atoms with van der Waals surface area (Å²) in [5, 5.41) is 8.67. The standard InChI is InChI=1S/C29H37ClN4O7/c1-6-20(35)31-17-9-8-14(10-16(17)30)24(37)33-23(28(3,4)5)26(39)34-19-13-29(19)12-15(29)22(34)25(38)32-18-11-21(36)41-27(18)40-7-2/h8-10,15,18-19,22-23,27H,6-7,11-13H2,1-5H3,(H,31,35)(H,32,38)(H,33,37). The molecule has 0 aromatic heterocycles. The molecule has 2 saturated carbocycles. The maximum atomic E-state index is 14.2. The number of ether oxygens (including phenoxy) is 2. The van der Waals surface area contributed by atoms with E-state index in [2.05, 4.69) is 16.0 Å². The molecule has 2 aliphatic carbocycles. The second-order valence-electron chi connectivity index (χ2n) is 12.5. The lowest BCUT2D eigenvalue weighted by Gasteiger charge is -2.37. The first kappa shape index (κ1) is 29.3. The summed E-state index contributed by atoms with van der Waals surface area (Å²) >= 11 is 6.32. The van der Waals surface area contributed by atoms with Gasteiger partial charge in [-0.2, -0.15) is 0 Å². The first-order chi connectivity index (χ1) is 19.3. The zero-order valence-electron chi connectivity index (χ0n) is 23.9. The van der Waals surface area contributed by atoms with Crippen LogP contribution in [0.2, 0.25) is 5.02 Å². The number of rotatable bonds is 9. The van der Waals surface area contributed by atoms with E-state index in [0.29, 0.717) is 12.3 Å². The number of piperidine rings is 2. The highest BCUT2D eigenvalue weighted by molar-refractivity contribution is 6.34. The van der Waals surface area contributed by atoms with Crippen molar-refractivity contribution in [3.8, 4) is 0 Å². The SMILES string of the molecule is CCOC1OC(=O)CC1NC(=O)C1C2CC23CC3N1C(=O)C(NC(=O)c1ccc(NC(=O)CC)c(Cl)c1)C(C)(C)C. The van der Waals surface area contributed by atoms with Gasteiger partial charge in [0, 0.05) is 24.6 Å². The van der Waals surface area contributed by atoms with E-state index in [-0.39, 0.29) is 58.5 Å². The average molecular weight is 589 g/mol. The van der Waals surface area contributed by atoms with Gasteiger partial charge in [0.25, 0.3) is 5.91 Å². The normalized spacial score (nSPS) is 30.0. The van der Waals surface area contributed by atoms with Gasteiger partial charge in [0.05, 0.1) is 17.1 Å². The maximum absolute atomic E-state index is 14.2. The van der Waals surface area contributed by atoms with Gasteiger partial charge in [-0.1, -0.05) is 39.3 Å². The van der Waals surface area contributed by atoms with E-state index in [1.165, 1.54) is 12.1 Å². The number of hydrogen-bond donors (Lipinski definition) is 3. The lowest BCUT2D eigenvalue weighted by Crippen LogP contribution is -2.60. The summed E-state index contributed by atoms with van der Waals surface area (Å²) in [5.74, 6) is -1.76. The fourth-order valence-electron chi connectivity index (χ4n) is 6.30. The molecule has 0 radical (unpaired) electrons. The number of esters is 1. The number of nitrogens with zero attached hydrogens (tertiary/aromatic N) is 1. The van der Waals surface area contributed by atoms with E-state index >= 15 is 0 Å². The zero-order valence-corrected chi connectivity index (χ0v) is 24.7. The Kier molecular flexibility index (Phi) is 7.57. The highest BCUT2D eigenvalue weighted by Gasteiger charge is 2.82. The molecule has 1 aromatic carbocycles. The summed E-state index contributed by atoms with van der Waals surface area (Å²) in [6.07, 6.45) is 1.14. The highest BCUT2D eigenvalue weighted by Crippen LogP contribution is 2.78. The lowest BCUT2D eigenvalue weighted by atomic mass is 9.85. The van der Waals surface area contributed by atoms with Crippen molar-refractivity contribution in [3.63, 3.8) is 0 Å². The summed E-state index contributed by atoms with van der Waals surface area (Å²) < 4.78 is 10.7. The number of nitrogens with one attached hydrogen (secondary N) is 3. The predicted octanol–water partition coefficient (Wildman–Crippen LogP) is 2.62. The Bertz CT molecular complexity index is 1300. The smallest absolute Gasteiger partial charge is 0.310 e. The van der Waals surface area contributed by atoms with Crippen LogP contribution in [-0.2, 0) is 28.7 Å². The highest BCUT2D eigenvalue weighted by atomic mass is 35.5. The first-order valence-corrected chi connectivity index (χ1v) is 14.5. The number of carbonyl (C=O) groups is 5. The molecule has 1 aromatic rings. The van der Waals surface area contributed by atoms with Crippen LogP contribution in [0, 0.1) is 16.7 Å². The van der Waals surface area contributed by atoms with Crippen LogP contribution in [0.1, 0.15) is 70.7 Å². The second kappa shape index (κ2) is 10.6. The van der Waals surface area contributed by atoms with Crippen molar-refractivity contribution in [2.75, 3.05) is 11.9 Å². The van der Waals surface area contributed by atoms with Gasteiger partial charge < -0.3 is 30.3 Å². The van der Waals surface area contributed by atoms with Crippen LogP contribution in [0.3, 0.4) is 0 Å². The van der Waals surface area contributed by atoms with Gasteiger partial charge in [0.2, 0.25) is 24.0 Å². The first-order valence-electron chi connectivity index (χ1n) is 14.1. The summed E-state index contributed by atoms with van der Waals surface area (Å²) in [7, 11) is 0. The Morgan fingerprint density at radius 2 is 1.93 bits per heavy atom. The van der Waals surface area contributed by atoms with Crippen molar-refractivity contribution in [3.05, 3.63) is 28.8 Å². The molecular formula is C29H37ClN4O7. The quantitative estimate of drug-likeness (QED) is 0.376. The van der Waals surface area contributed by atoms with Crippen LogP contribution in [0.5, 0.6) is 0 Å². The van der Waals surface area contributed by atoms with E-state index in [0.717, 1.165) is 12.8 Å². The molecule has 4 aliphatic rings. The molecule has 7 unspecified atom stereocenters. The fourth-order valence-corrected chi connectivity index (χ4v) is 6.53. The predicted molar refractivity (Wildman–Crippen MR) is 149 cm³/mol. The largest absolute Gasteiger partial charge is 0.433 e. The summed E-state index contributed by atoms with van der Waals surface area (Å²) in [6.45, 7) is 9.38. The monoisotopic (exact) mass is 588 g/mol. The fraction of sp³-hybridized carbons (Fsp3) is 0.621.